The van der Waals surface area contributed by atoms with Crippen LogP contribution in [0.5, 0.6) is 5.75 Å². The van der Waals surface area contributed by atoms with E-state index >= 15 is 0 Å². The lowest BCUT2D eigenvalue weighted by Gasteiger charge is -2.11. The Morgan fingerprint density at radius 3 is 2.00 bits per heavy atom. The molecule has 0 unspecified atom stereocenters. The summed E-state index contributed by atoms with van der Waals surface area (Å²) in [6.07, 6.45) is 0. The van der Waals surface area contributed by atoms with Gasteiger partial charge < -0.3 is 10.8 Å². The van der Waals surface area contributed by atoms with E-state index in [2.05, 4.69) is 63.7 Å². The Hall–Kier alpha value is -0.0400. The fraction of sp³-hybridized carbons (Fsp3) is 0. The van der Waals surface area contributed by atoms with Gasteiger partial charge in [0, 0.05) is 8.95 Å². The predicted molar refractivity (Wildman–Crippen MR) is 88.8 cm³/mol. The van der Waals surface area contributed by atoms with Gasteiger partial charge in [-0.25, -0.2) is 0 Å². The SMILES string of the molecule is Nc1c(Br)ccc(-c2cc(Br)c(O)c(Br)c2)c1Br. The minimum Gasteiger partial charge on any atom is -0.506 e. The molecule has 2 aromatic carbocycles. The van der Waals surface area contributed by atoms with E-state index in [1.807, 2.05) is 24.3 Å². The van der Waals surface area contributed by atoms with Crippen LogP contribution in [0.15, 0.2) is 42.2 Å². The van der Waals surface area contributed by atoms with E-state index in [4.69, 9.17) is 5.73 Å². The molecule has 3 N–H and O–H groups in total. The number of rotatable bonds is 1. The van der Waals surface area contributed by atoms with Crippen LogP contribution < -0.4 is 5.73 Å². The number of halogens is 4. The summed E-state index contributed by atoms with van der Waals surface area (Å²) in [4.78, 5) is 0. The molecule has 0 saturated heterocycles. The van der Waals surface area contributed by atoms with E-state index in [9.17, 15) is 5.11 Å². The highest BCUT2D eigenvalue weighted by atomic mass is 79.9. The molecule has 0 aliphatic heterocycles. The Kier molecular flexibility index (Phi) is 4.41. The number of aromatic hydroxyl groups is 1. The zero-order valence-corrected chi connectivity index (χ0v) is 15.2. The van der Waals surface area contributed by atoms with Crippen LogP contribution in [0.25, 0.3) is 11.1 Å². The molecule has 6 heteroatoms. The molecule has 18 heavy (non-hydrogen) atoms. The summed E-state index contributed by atoms with van der Waals surface area (Å²) in [5.41, 5.74) is 8.50. The fourth-order valence-corrected chi connectivity index (χ4v) is 3.87. The third kappa shape index (κ3) is 2.61. The molecule has 0 radical (unpaired) electrons. The number of hydrogen-bond acceptors (Lipinski definition) is 2. The van der Waals surface area contributed by atoms with Gasteiger partial charge in [-0.05, 0) is 93.0 Å². The fourth-order valence-electron chi connectivity index (χ4n) is 1.51. The Morgan fingerprint density at radius 2 is 1.44 bits per heavy atom. The molecular formula is C12H7Br4NO. The number of benzene rings is 2. The van der Waals surface area contributed by atoms with Crippen LogP contribution in [0, 0.1) is 0 Å². The molecule has 94 valence electrons. The summed E-state index contributed by atoms with van der Waals surface area (Å²) < 4.78 is 2.91. The molecule has 0 spiro atoms. The molecule has 0 aromatic heterocycles. The predicted octanol–water partition coefficient (Wildman–Crippen LogP) is 5.69. The van der Waals surface area contributed by atoms with E-state index in [0.29, 0.717) is 14.6 Å². The highest BCUT2D eigenvalue weighted by Gasteiger charge is 2.12. The summed E-state index contributed by atoms with van der Waals surface area (Å²) in [6, 6.07) is 7.53. The summed E-state index contributed by atoms with van der Waals surface area (Å²) in [6.45, 7) is 0. The minimum atomic E-state index is 0.181. The van der Waals surface area contributed by atoms with Crippen LogP contribution in [0.4, 0.5) is 5.69 Å². The molecule has 0 saturated carbocycles. The topological polar surface area (TPSA) is 46.2 Å². The van der Waals surface area contributed by atoms with Gasteiger partial charge in [0.15, 0.2) is 0 Å². The van der Waals surface area contributed by atoms with Crippen LogP contribution in [0.1, 0.15) is 0 Å². The second kappa shape index (κ2) is 5.53. The maximum Gasteiger partial charge on any atom is 0.143 e. The van der Waals surface area contributed by atoms with E-state index < -0.39 is 0 Å². The maximum absolute atomic E-state index is 9.71. The van der Waals surface area contributed by atoms with E-state index in [-0.39, 0.29) is 5.75 Å². The maximum atomic E-state index is 9.71. The second-order valence-electron chi connectivity index (χ2n) is 3.61. The summed E-state index contributed by atoms with van der Waals surface area (Å²) in [5, 5.41) is 9.71. The molecule has 0 heterocycles. The summed E-state index contributed by atoms with van der Waals surface area (Å²) >= 11 is 13.5. The number of nitrogens with two attached hydrogens (primary N) is 1. The third-order valence-corrected chi connectivity index (χ3v) is 5.21. The lowest BCUT2D eigenvalue weighted by atomic mass is 10.1. The van der Waals surface area contributed by atoms with Gasteiger partial charge in [0.2, 0.25) is 0 Å². The van der Waals surface area contributed by atoms with Crippen molar-refractivity contribution in [2.45, 2.75) is 0 Å². The zero-order chi connectivity index (χ0) is 13.4. The molecule has 0 atom stereocenters. The van der Waals surface area contributed by atoms with Crippen LogP contribution in [-0.4, -0.2) is 5.11 Å². The monoisotopic (exact) mass is 497 g/mol. The van der Waals surface area contributed by atoms with Gasteiger partial charge in [0.05, 0.1) is 14.6 Å². The van der Waals surface area contributed by atoms with Gasteiger partial charge >= 0.3 is 0 Å². The van der Waals surface area contributed by atoms with Crippen molar-refractivity contribution < 1.29 is 5.11 Å². The van der Waals surface area contributed by atoms with Crippen LogP contribution in [0.2, 0.25) is 0 Å². The molecule has 0 amide bonds. The van der Waals surface area contributed by atoms with Crippen molar-refractivity contribution in [3.8, 4) is 16.9 Å². The van der Waals surface area contributed by atoms with Gasteiger partial charge in [-0.1, -0.05) is 6.07 Å². The lowest BCUT2D eigenvalue weighted by Crippen LogP contribution is -1.91. The first-order chi connectivity index (χ1) is 8.41. The summed E-state index contributed by atoms with van der Waals surface area (Å²) in [5.74, 6) is 0.181. The normalized spacial score (nSPS) is 10.7. The molecule has 0 fully saturated rings. The molecule has 2 aromatic rings. The number of phenols is 1. The number of hydrogen-bond donors (Lipinski definition) is 2. The van der Waals surface area contributed by atoms with Gasteiger partial charge in [-0.2, -0.15) is 0 Å². The molecule has 0 aliphatic rings. The zero-order valence-electron chi connectivity index (χ0n) is 8.85. The largest absolute Gasteiger partial charge is 0.506 e. The van der Waals surface area contributed by atoms with Crippen molar-refractivity contribution in [3.63, 3.8) is 0 Å². The van der Waals surface area contributed by atoms with E-state index in [1.54, 1.807) is 0 Å². The van der Waals surface area contributed by atoms with Crippen molar-refractivity contribution in [1.29, 1.82) is 0 Å². The second-order valence-corrected chi connectivity index (χ2v) is 6.97. The first-order valence-corrected chi connectivity index (χ1v) is 8.01. The van der Waals surface area contributed by atoms with Crippen molar-refractivity contribution in [1.82, 2.24) is 0 Å². The van der Waals surface area contributed by atoms with Crippen LogP contribution >= 0.6 is 63.7 Å². The van der Waals surface area contributed by atoms with Gasteiger partial charge in [-0.3, -0.25) is 0 Å². The van der Waals surface area contributed by atoms with Crippen LogP contribution in [-0.2, 0) is 0 Å². The first-order valence-electron chi connectivity index (χ1n) is 4.83. The quantitative estimate of drug-likeness (QED) is 0.494. The van der Waals surface area contributed by atoms with E-state index in [0.717, 1.165) is 20.1 Å². The highest BCUT2D eigenvalue weighted by molar-refractivity contribution is 9.11. The Morgan fingerprint density at radius 1 is 0.889 bits per heavy atom. The van der Waals surface area contributed by atoms with Crippen LogP contribution in [0.3, 0.4) is 0 Å². The number of phenolic OH excluding ortho intramolecular Hbond substituents is 1. The Labute approximate surface area is 138 Å². The average Bonchev–Trinajstić information content (AvgIpc) is 2.33. The lowest BCUT2D eigenvalue weighted by molar-refractivity contribution is 0.468. The first kappa shape index (κ1) is 14.4. The van der Waals surface area contributed by atoms with Crippen molar-refractivity contribution >= 4 is 69.4 Å². The van der Waals surface area contributed by atoms with Gasteiger partial charge in [0.25, 0.3) is 0 Å². The Balaban J connectivity index is 2.67. The smallest absolute Gasteiger partial charge is 0.143 e. The number of nitrogen functional groups attached to an aromatic ring is 1. The van der Waals surface area contributed by atoms with Crippen molar-refractivity contribution in [2.24, 2.45) is 0 Å². The number of anilines is 1. The molecule has 2 nitrogen and oxygen atoms in total. The van der Waals surface area contributed by atoms with Crippen molar-refractivity contribution in [2.75, 3.05) is 5.73 Å². The molecule has 0 bridgehead atoms. The molecule has 0 aliphatic carbocycles. The highest BCUT2D eigenvalue weighted by Crippen LogP contribution is 2.41. The van der Waals surface area contributed by atoms with E-state index in [1.165, 1.54) is 0 Å². The Bertz CT molecular complexity index is 605. The third-order valence-electron chi connectivity index (χ3n) is 2.45. The average molecular weight is 501 g/mol. The standard InChI is InChI=1S/C12H7Br4NO/c13-7-2-1-6(10(16)11(7)17)5-3-8(14)12(18)9(15)4-5/h1-4,18H,17H2. The summed E-state index contributed by atoms with van der Waals surface area (Å²) in [7, 11) is 0. The van der Waals surface area contributed by atoms with Crippen molar-refractivity contribution in [3.05, 3.63) is 42.2 Å². The van der Waals surface area contributed by atoms with Gasteiger partial charge in [-0.15, -0.1) is 0 Å². The molecular weight excluding hydrogens is 494 g/mol. The van der Waals surface area contributed by atoms with Gasteiger partial charge in [0.1, 0.15) is 5.75 Å². The minimum absolute atomic E-state index is 0.181. The molecule has 2 rings (SSSR count).